The molecule has 4 rings (SSSR count). The van der Waals surface area contributed by atoms with Crippen molar-refractivity contribution in [2.45, 2.75) is 102 Å². The molecule has 2 fully saturated rings. The second-order valence-electron chi connectivity index (χ2n) is 11.9. The lowest BCUT2D eigenvalue weighted by molar-refractivity contribution is 0.00578. The monoisotopic (exact) mass is 462 g/mol. The van der Waals surface area contributed by atoms with Crippen molar-refractivity contribution in [2.75, 3.05) is 0 Å². The standard InChI is InChI=1S/C28H40B2O4/c1-25(2)26(3,4)32-29(31-25)24(30-33-27(5,6)28(7,8)34-30)20-19-23(21-15-11-9-12-16-21)22-17-13-10-14-18-22/h9-18,23-24H,19-20H2,1-8H3. The molecule has 2 heterocycles. The summed E-state index contributed by atoms with van der Waals surface area (Å²) in [6.07, 6.45) is 1.79. The molecule has 0 aliphatic carbocycles. The Labute approximate surface area is 207 Å². The van der Waals surface area contributed by atoms with Crippen LogP contribution in [0.5, 0.6) is 0 Å². The van der Waals surface area contributed by atoms with Gasteiger partial charge in [0.15, 0.2) is 0 Å². The van der Waals surface area contributed by atoms with Gasteiger partial charge < -0.3 is 18.6 Å². The fourth-order valence-electron chi connectivity index (χ4n) is 4.78. The Morgan fingerprint density at radius 2 is 0.853 bits per heavy atom. The van der Waals surface area contributed by atoms with Crippen LogP contribution in [-0.4, -0.2) is 36.6 Å². The highest BCUT2D eigenvalue weighted by Crippen LogP contribution is 2.47. The zero-order valence-corrected chi connectivity index (χ0v) is 22.1. The third-order valence-electron chi connectivity index (χ3n) is 8.43. The van der Waals surface area contributed by atoms with Gasteiger partial charge in [0.25, 0.3) is 0 Å². The highest BCUT2D eigenvalue weighted by molar-refractivity contribution is 6.68. The number of hydrogen-bond donors (Lipinski definition) is 0. The second kappa shape index (κ2) is 9.13. The Morgan fingerprint density at radius 1 is 0.529 bits per heavy atom. The first-order chi connectivity index (χ1) is 15.8. The maximum atomic E-state index is 6.54. The van der Waals surface area contributed by atoms with Crippen molar-refractivity contribution in [3.8, 4) is 0 Å². The molecule has 0 N–H and O–H groups in total. The van der Waals surface area contributed by atoms with Gasteiger partial charge in [-0.1, -0.05) is 67.1 Å². The summed E-state index contributed by atoms with van der Waals surface area (Å²) in [6, 6.07) is 21.5. The highest BCUT2D eigenvalue weighted by atomic mass is 16.7. The molecule has 2 aliphatic rings. The molecule has 34 heavy (non-hydrogen) atoms. The summed E-state index contributed by atoms with van der Waals surface area (Å²) in [6.45, 7) is 16.8. The van der Waals surface area contributed by atoms with Gasteiger partial charge in [-0.25, -0.2) is 0 Å². The van der Waals surface area contributed by atoms with Crippen LogP contribution in [0.15, 0.2) is 60.7 Å². The molecule has 0 amide bonds. The lowest BCUT2D eigenvalue weighted by Crippen LogP contribution is -2.41. The third-order valence-corrected chi connectivity index (χ3v) is 8.43. The zero-order valence-electron chi connectivity index (χ0n) is 22.1. The summed E-state index contributed by atoms with van der Waals surface area (Å²) in [7, 11) is -0.793. The van der Waals surface area contributed by atoms with E-state index in [0.29, 0.717) is 0 Å². The van der Waals surface area contributed by atoms with E-state index < -0.39 is 36.6 Å². The third kappa shape index (κ3) is 4.88. The normalized spacial score (nSPS) is 22.6. The Balaban J connectivity index is 1.63. The van der Waals surface area contributed by atoms with E-state index in [4.69, 9.17) is 18.6 Å². The van der Waals surface area contributed by atoms with Gasteiger partial charge in [0.1, 0.15) is 0 Å². The van der Waals surface area contributed by atoms with Crippen LogP contribution in [0, 0.1) is 0 Å². The Morgan fingerprint density at radius 3 is 1.18 bits per heavy atom. The molecule has 0 unspecified atom stereocenters. The van der Waals surface area contributed by atoms with E-state index >= 15 is 0 Å². The lowest BCUT2D eigenvalue weighted by atomic mass is 9.49. The first-order valence-electron chi connectivity index (χ1n) is 12.6. The van der Waals surface area contributed by atoms with E-state index in [2.05, 4.69) is 116 Å². The van der Waals surface area contributed by atoms with Crippen molar-refractivity contribution in [2.24, 2.45) is 0 Å². The number of benzene rings is 2. The quantitative estimate of drug-likeness (QED) is 0.430. The Kier molecular flexibility index (Phi) is 6.85. The molecule has 4 nitrogen and oxygen atoms in total. The number of rotatable bonds is 7. The second-order valence-corrected chi connectivity index (χ2v) is 11.9. The molecule has 2 saturated heterocycles. The lowest BCUT2D eigenvalue weighted by Gasteiger charge is -2.32. The van der Waals surface area contributed by atoms with E-state index in [9.17, 15) is 0 Å². The molecule has 2 aromatic carbocycles. The summed E-state index contributed by atoms with van der Waals surface area (Å²) in [5.41, 5.74) is 0.952. The van der Waals surface area contributed by atoms with Crippen LogP contribution in [0.3, 0.4) is 0 Å². The van der Waals surface area contributed by atoms with E-state index in [1.807, 2.05) is 0 Å². The molecule has 6 heteroatoms. The molecule has 0 saturated carbocycles. The van der Waals surface area contributed by atoms with Crippen molar-refractivity contribution in [1.29, 1.82) is 0 Å². The SMILES string of the molecule is CC1(C)OB(C(CCC(c2ccccc2)c2ccccc2)B2OC(C)(C)C(C)(C)O2)OC1(C)C. The smallest absolute Gasteiger partial charge is 0.403 e. The summed E-state index contributed by atoms with van der Waals surface area (Å²) >= 11 is 0. The average molecular weight is 462 g/mol. The van der Waals surface area contributed by atoms with Crippen molar-refractivity contribution >= 4 is 14.2 Å². The van der Waals surface area contributed by atoms with Gasteiger partial charge in [0, 0.05) is 11.6 Å². The van der Waals surface area contributed by atoms with E-state index in [0.717, 1.165) is 12.8 Å². The van der Waals surface area contributed by atoms with Crippen LogP contribution >= 0.6 is 0 Å². The van der Waals surface area contributed by atoms with Gasteiger partial charge >= 0.3 is 14.2 Å². The van der Waals surface area contributed by atoms with Gasteiger partial charge in [0.2, 0.25) is 0 Å². The number of hydrogen-bond acceptors (Lipinski definition) is 4. The van der Waals surface area contributed by atoms with Gasteiger partial charge in [-0.05, 0) is 72.9 Å². The van der Waals surface area contributed by atoms with Gasteiger partial charge in [0.05, 0.1) is 22.4 Å². The molecular formula is C28H40B2O4. The van der Waals surface area contributed by atoms with Crippen LogP contribution < -0.4 is 0 Å². The van der Waals surface area contributed by atoms with Gasteiger partial charge in [-0.3, -0.25) is 0 Å². The molecule has 182 valence electrons. The fraction of sp³-hybridized carbons (Fsp3) is 0.571. The molecule has 0 atom stereocenters. The molecular weight excluding hydrogens is 422 g/mol. The molecule has 2 aromatic rings. The van der Waals surface area contributed by atoms with E-state index in [1.54, 1.807) is 0 Å². The first-order valence-corrected chi connectivity index (χ1v) is 12.6. The van der Waals surface area contributed by atoms with Crippen molar-refractivity contribution in [1.82, 2.24) is 0 Å². The predicted molar refractivity (Wildman–Crippen MR) is 140 cm³/mol. The largest absolute Gasteiger partial charge is 0.458 e. The Bertz CT molecular complexity index is 851. The molecule has 0 radical (unpaired) electrons. The minimum atomic E-state index is -0.405. The van der Waals surface area contributed by atoms with Crippen LogP contribution in [0.4, 0.5) is 0 Å². The maximum absolute atomic E-state index is 6.54. The summed E-state index contributed by atoms with van der Waals surface area (Å²) in [5.74, 6) is 0.273. The highest BCUT2D eigenvalue weighted by Gasteiger charge is 2.61. The average Bonchev–Trinajstić information content (AvgIpc) is 3.11. The van der Waals surface area contributed by atoms with Gasteiger partial charge in [-0.15, -0.1) is 0 Å². The minimum absolute atomic E-state index is 0.0583. The fourth-order valence-corrected chi connectivity index (χ4v) is 4.78. The predicted octanol–water partition coefficient (Wildman–Crippen LogP) is 6.69. The van der Waals surface area contributed by atoms with Gasteiger partial charge in [-0.2, -0.15) is 0 Å². The molecule has 0 bridgehead atoms. The van der Waals surface area contributed by atoms with Crippen molar-refractivity contribution < 1.29 is 18.6 Å². The molecule has 2 aliphatic heterocycles. The van der Waals surface area contributed by atoms with Crippen LogP contribution in [0.1, 0.15) is 85.3 Å². The van der Waals surface area contributed by atoms with E-state index in [1.165, 1.54) is 11.1 Å². The summed E-state index contributed by atoms with van der Waals surface area (Å²) < 4.78 is 26.1. The topological polar surface area (TPSA) is 36.9 Å². The van der Waals surface area contributed by atoms with Crippen LogP contribution in [0.2, 0.25) is 5.72 Å². The van der Waals surface area contributed by atoms with E-state index in [-0.39, 0.29) is 11.6 Å². The molecule has 0 spiro atoms. The first kappa shape index (κ1) is 25.5. The zero-order chi connectivity index (χ0) is 24.8. The van der Waals surface area contributed by atoms with Crippen LogP contribution in [-0.2, 0) is 18.6 Å². The Hall–Kier alpha value is -1.59. The molecule has 0 aromatic heterocycles. The summed E-state index contributed by atoms with van der Waals surface area (Å²) in [5, 5.41) is 0. The minimum Gasteiger partial charge on any atom is -0.403 e. The maximum Gasteiger partial charge on any atom is 0.458 e. The van der Waals surface area contributed by atoms with Crippen molar-refractivity contribution in [3.05, 3.63) is 71.8 Å². The van der Waals surface area contributed by atoms with Crippen LogP contribution in [0.25, 0.3) is 0 Å². The van der Waals surface area contributed by atoms with Crippen molar-refractivity contribution in [3.63, 3.8) is 0 Å². The summed E-state index contributed by atoms with van der Waals surface area (Å²) in [4.78, 5) is 0.